The Labute approximate surface area is 101 Å². The molecule has 0 aromatic carbocycles. The van der Waals surface area contributed by atoms with Gasteiger partial charge in [0.25, 0.3) is 0 Å². The summed E-state index contributed by atoms with van der Waals surface area (Å²) in [7, 11) is 0. The van der Waals surface area contributed by atoms with Crippen LogP contribution in [-0.2, 0) is 4.79 Å². The van der Waals surface area contributed by atoms with Crippen LogP contribution in [0.5, 0.6) is 0 Å². The molecule has 3 atom stereocenters. The van der Waals surface area contributed by atoms with Crippen molar-refractivity contribution in [3.8, 4) is 0 Å². The fourth-order valence-corrected chi connectivity index (χ4v) is 2.63. The largest absolute Gasteiger partial charge is 0.412 e. The van der Waals surface area contributed by atoms with E-state index in [-0.39, 0.29) is 17.8 Å². The Balaban J connectivity index is 0.00000256. The minimum absolute atomic E-state index is 0. The molecule has 0 aromatic heterocycles. The molecule has 17 heavy (non-hydrogen) atoms. The summed E-state index contributed by atoms with van der Waals surface area (Å²) < 4.78 is 0. The highest BCUT2D eigenvalue weighted by atomic mass is 16.3. The molecule has 0 amide bonds. The molecule has 0 bridgehead atoms. The van der Waals surface area contributed by atoms with E-state index in [0.717, 1.165) is 12.8 Å². The van der Waals surface area contributed by atoms with E-state index in [2.05, 4.69) is 0 Å². The van der Waals surface area contributed by atoms with Gasteiger partial charge in [-0.2, -0.15) is 0 Å². The predicted octanol–water partition coefficient (Wildman–Crippen LogP) is -1.82. The van der Waals surface area contributed by atoms with Crippen LogP contribution in [0.3, 0.4) is 0 Å². The SMILES string of the molecule is NCC1CCCC(CN)(C(=O)C(O)CO)C1.O. The Morgan fingerprint density at radius 1 is 1.47 bits per heavy atom. The quantitative estimate of drug-likeness (QED) is 0.453. The zero-order chi connectivity index (χ0) is 12.2. The van der Waals surface area contributed by atoms with Crippen LogP contribution in [-0.4, -0.2) is 47.3 Å². The number of carbonyl (C=O) groups excluding carboxylic acids is 1. The van der Waals surface area contributed by atoms with Gasteiger partial charge in [-0.05, 0) is 31.7 Å². The van der Waals surface area contributed by atoms with Crippen molar-refractivity contribution in [1.82, 2.24) is 0 Å². The van der Waals surface area contributed by atoms with Crippen LogP contribution in [0.2, 0.25) is 0 Å². The summed E-state index contributed by atoms with van der Waals surface area (Å²) >= 11 is 0. The van der Waals surface area contributed by atoms with Crippen molar-refractivity contribution in [3.63, 3.8) is 0 Å². The number of Topliss-reactive ketones (excluding diaryl/α,β-unsaturated/α-hetero) is 1. The fourth-order valence-electron chi connectivity index (χ4n) is 2.63. The first-order valence-electron chi connectivity index (χ1n) is 5.83. The highest BCUT2D eigenvalue weighted by Gasteiger charge is 2.43. The Morgan fingerprint density at radius 2 is 2.12 bits per heavy atom. The van der Waals surface area contributed by atoms with Crippen LogP contribution in [0.25, 0.3) is 0 Å². The number of hydrogen-bond acceptors (Lipinski definition) is 5. The third kappa shape index (κ3) is 3.46. The lowest BCUT2D eigenvalue weighted by atomic mass is 9.66. The zero-order valence-corrected chi connectivity index (χ0v) is 10.1. The molecule has 0 aromatic rings. The molecule has 6 heteroatoms. The van der Waals surface area contributed by atoms with E-state index in [9.17, 15) is 9.90 Å². The van der Waals surface area contributed by atoms with Crippen molar-refractivity contribution in [3.05, 3.63) is 0 Å². The molecule has 0 spiro atoms. The predicted molar refractivity (Wildman–Crippen MR) is 64.2 cm³/mol. The molecule has 1 rings (SSSR count). The Bertz CT molecular complexity index is 250. The van der Waals surface area contributed by atoms with Crippen molar-refractivity contribution < 1.29 is 20.5 Å². The monoisotopic (exact) mass is 248 g/mol. The first-order valence-corrected chi connectivity index (χ1v) is 5.83. The topological polar surface area (TPSA) is 141 Å². The lowest BCUT2D eigenvalue weighted by Gasteiger charge is -2.39. The molecular formula is C11H24N2O4. The molecule has 0 aliphatic heterocycles. The van der Waals surface area contributed by atoms with Gasteiger partial charge in [0.2, 0.25) is 0 Å². The summed E-state index contributed by atoms with van der Waals surface area (Å²) in [6.45, 7) is 0.234. The van der Waals surface area contributed by atoms with Crippen LogP contribution in [0.15, 0.2) is 0 Å². The Kier molecular flexibility index (Phi) is 6.81. The molecule has 102 valence electrons. The first kappa shape index (κ1) is 16.5. The van der Waals surface area contributed by atoms with E-state index in [0.29, 0.717) is 25.3 Å². The summed E-state index contributed by atoms with van der Waals surface area (Å²) in [6.07, 6.45) is 1.94. The van der Waals surface area contributed by atoms with Gasteiger partial charge >= 0.3 is 0 Å². The third-order valence-electron chi connectivity index (χ3n) is 3.67. The molecular weight excluding hydrogens is 224 g/mol. The van der Waals surface area contributed by atoms with Gasteiger partial charge in [0.05, 0.1) is 6.61 Å². The number of rotatable bonds is 5. The maximum Gasteiger partial charge on any atom is 0.171 e. The van der Waals surface area contributed by atoms with Gasteiger partial charge in [0.1, 0.15) is 6.10 Å². The average Bonchev–Trinajstić information content (AvgIpc) is 2.36. The number of aliphatic hydroxyl groups is 2. The minimum atomic E-state index is -1.31. The standard InChI is InChI=1S/C11H22N2O3.H2O/c12-5-8-2-1-3-11(4-8,7-13)10(16)9(15)6-14;/h8-9,14-15H,1-7,12-13H2;1H2. The van der Waals surface area contributed by atoms with E-state index >= 15 is 0 Å². The van der Waals surface area contributed by atoms with Crippen molar-refractivity contribution in [2.75, 3.05) is 19.7 Å². The van der Waals surface area contributed by atoms with Gasteiger partial charge < -0.3 is 27.2 Å². The zero-order valence-electron chi connectivity index (χ0n) is 10.1. The summed E-state index contributed by atoms with van der Waals surface area (Å²) in [6, 6.07) is 0. The molecule has 3 unspecified atom stereocenters. The van der Waals surface area contributed by atoms with Gasteiger partial charge in [-0.1, -0.05) is 6.42 Å². The molecule has 1 saturated carbocycles. The maximum atomic E-state index is 12.0. The van der Waals surface area contributed by atoms with Crippen LogP contribution in [0.4, 0.5) is 0 Å². The van der Waals surface area contributed by atoms with Crippen molar-refractivity contribution in [1.29, 1.82) is 0 Å². The number of nitrogens with two attached hydrogens (primary N) is 2. The molecule has 1 aliphatic rings. The summed E-state index contributed by atoms with van der Waals surface area (Å²) in [5, 5.41) is 18.3. The van der Waals surface area contributed by atoms with Gasteiger partial charge in [-0.15, -0.1) is 0 Å². The second-order valence-corrected chi connectivity index (χ2v) is 4.75. The first-order chi connectivity index (χ1) is 7.59. The second kappa shape index (κ2) is 7.03. The van der Waals surface area contributed by atoms with Crippen LogP contribution < -0.4 is 11.5 Å². The average molecular weight is 248 g/mol. The van der Waals surface area contributed by atoms with E-state index < -0.39 is 18.1 Å². The molecule has 1 aliphatic carbocycles. The number of hydrogen-bond donors (Lipinski definition) is 4. The van der Waals surface area contributed by atoms with Crippen LogP contribution >= 0.6 is 0 Å². The van der Waals surface area contributed by atoms with Gasteiger partial charge in [0.15, 0.2) is 5.78 Å². The van der Waals surface area contributed by atoms with Gasteiger partial charge in [-0.3, -0.25) is 4.79 Å². The molecule has 0 heterocycles. The summed E-state index contributed by atoms with van der Waals surface area (Å²) in [5.74, 6) is -0.0252. The second-order valence-electron chi connectivity index (χ2n) is 4.75. The smallest absolute Gasteiger partial charge is 0.171 e. The van der Waals surface area contributed by atoms with Crippen molar-refractivity contribution >= 4 is 5.78 Å². The summed E-state index contributed by atoms with van der Waals surface area (Å²) in [4.78, 5) is 12.0. The normalized spacial score (nSPS) is 30.5. The van der Waals surface area contributed by atoms with Gasteiger partial charge in [-0.25, -0.2) is 0 Å². The highest BCUT2D eigenvalue weighted by Crippen LogP contribution is 2.39. The Hall–Kier alpha value is -0.530. The lowest BCUT2D eigenvalue weighted by Crippen LogP contribution is -2.49. The Morgan fingerprint density at radius 3 is 2.59 bits per heavy atom. The van der Waals surface area contributed by atoms with E-state index in [1.807, 2.05) is 0 Å². The third-order valence-corrected chi connectivity index (χ3v) is 3.67. The lowest BCUT2D eigenvalue weighted by molar-refractivity contribution is -0.141. The molecule has 0 radical (unpaired) electrons. The summed E-state index contributed by atoms with van der Waals surface area (Å²) in [5.41, 5.74) is 10.6. The van der Waals surface area contributed by atoms with Crippen LogP contribution in [0, 0.1) is 11.3 Å². The molecule has 1 fully saturated rings. The fraction of sp³-hybridized carbons (Fsp3) is 0.909. The van der Waals surface area contributed by atoms with Crippen molar-refractivity contribution in [2.45, 2.75) is 31.8 Å². The van der Waals surface area contributed by atoms with E-state index in [1.165, 1.54) is 0 Å². The van der Waals surface area contributed by atoms with Gasteiger partial charge in [0, 0.05) is 12.0 Å². The minimum Gasteiger partial charge on any atom is -0.412 e. The van der Waals surface area contributed by atoms with Crippen LogP contribution in [0.1, 0.15) is 25.7 Å². The molecule has 6 nitrogen and oxygen atoms in total. The number of aliphatic hydroxyl groups excluding tert-OH is 2. The van der Waals surface area contributed by atoms with Crippen molar-refractivity contribution in [2.24, 2.45) is 22.8 Å². The maximum absolute atomic E-state index is 12.0. The highest BCUT2D eigenvalue weighted by molar-refractivity contribution is 5.89. The van der Waals surface area contributed by atoms with E-state index in [1.54, 1.807) is 0 Å². The number of carbonyl (C=O) groups is 1. The van der Waals surface area contributed by atoms with E-state index in [4.69, 9.17) is 16.6 Å². The number of ketones is 1. The molecule has 0 saturated heterocycles. The molecule has 8 N–H and O–H groups in total.